The average molecular weight is 386 g/mol. The maximum atomic E-state index is 12.6. The van der Waals surface area contributed by atoms with Gasteiger partial charge in [-0.1, -0.05) is 6.07 Å². The van der Waals surface area contributed by atoms with Crippen LogP contribution in [0.4, 0.5) is 17.3 Å². The Morgan fingerprint density at radius 2 is 2.14 bits per heavy atom. The number of pyridine rings is 1. The van der Waals surface area contributed by atoms with Gasteiger partial charge in [-0.25, -0.2) is 0 Å². The summed E-state index contributed by atoms with van der Waals surface area (Å²) >= 11 is 0. The molecule has 0 spiro atoms. The molecule has 0 fully saturated rings. The van der Waals surface area contributed by atoms with Crippen molar-refractivity contribution in [1.29, 1.82) is 0 Å². The maximum absolute atomic E-state index is 12.6. The predicted molar refractivity (Wildman–Crippen MR) is 99.7 cm³/mol. The minimum atomic E-state index is -0.850. The third-order valence-electron chi connectivity index (χ3n) is 4.12. The summed E-state index contributed by atoms with van der Waals surface area (Å²) in [5, 5.41) is 13.7. The van der Waals surface area contributed by atoms with Crippen LogP contribution in [0, 0.1) is 17.0 Å². The molecular formula is C18H18N4O6. The second-order valence-corrected chi connectivity index (χ2v) is 6.18. The molecule has 1 atom stereocenters. The van der Waals surface area contributed by atoms with E-state index in [1.807, 2.05) is 13.0 Å². The zero-order valence-corrected chi connectivity index (χ0v) is 15.5. The Bertz CT molecular complexity index is 961. The number of anilines is 2. The molecule has 1 aliphatic rings. The highest BCUT2D eigenvalue weighted by Gasteiger charge is 2.37. The number of nitro groups is 1. The molecule has 1 aromatic heterocycles. The first-order chi connectivity index (χ1) is 13.3. The van der Waals surface area contributed by atoms with Crippen LogP contribution in [0.2, 0.25) is 0 Å². The number of fused-ring (bicyclic) bond motifs is 1. The molecule has 1 aliphatic heterocycles. The van der Waals surface area contributed by atoms with Crippen molar-refractivity contribution in [3.8, 4) is 11.5 Å². The van der Waals surface area contributed by atoms with Gasteiger partial charge in [0.2, 0.25) is 5.91 Å². The van der Waals surface area contributed by atoms with Gasteiger partial charge in [-0.15, -0.1) is 0 Å². The number of benzene rings is 1. The van der Waals surface area contributed by atoms with Crippen LogP contribution < -0.4 is 19.7 Å². The second kappa shape index (κ2) is 7.51. The lowest BCUT2D eigenvalue weighted by molar-refractivity contribution is -0.389. The molecule has 2 amide bonds. The fraction of sp³-hybridized carbons (Fsp3) is 0.278. The molecule has 1 aromatic carbocycles. The Kier molecular flexibility index (Phi) is 5.12. The Labute approximate surface area is 160 Å². The summed E-state index contributed by atoms with van der Waals surface area (Å²) in [6.45, 7) is 3.01. The number of carbonyl (C=O) groups is 2. The van der Waals surface area contributed by atoms with Crippen molar-refractivity contribution in [2.24, 2.45) is 0 Å². The van der Waals surface area contributed by atoms with Gasteiger partial charge in [-0.05, 0) is 47.5 Å². The van der Waals surface area contributed by atoms with E-state index in [1.165, 1.54) is 26.2 Å². The minimum absolute atomic E-state index is 0.0661. The molecular weight excluding hydrogens is 368 g/mol. The molecule has 0 radical (unpaired) electrons. The van der Waals surface area contributed by atoms with E-state index < -0.39 is 28.7 Å². The van der Waals surface area contributed by atoms with Crippen LogP contribution in [0.15, 0.2) is 30.3 Å². The summed E-state index contributed by atoms with van der Waals surface area (Å²) in [6, 6.07) is 7.82. The van der Waals surface area contributed by atoms with Crippen molar-refractivity contribution < 1.29 is 24.0 Å². The van der Waals surface area contributed by atoms with Crippen LogP contribution in [0.5, 0.6) is 11.5 Å². The molecule has 0 aliphatic carbocycles. The third-order valence-corrected chi connectivity index (χ3v) is 4.12. The molecule has 146 valence electrons. The molecule has 2 aromatic rings. The van der Waals surface area contributed by atoms with Crippen LogP contribution in [-0.2, 0) is 9.59 Å². The number of rotatable bonds is 5. The number of aromatic nitrogens is 1. The van der Waals surface area contributed by atoms with Crippen LogP contribution in [-0.4, -0.2) is 41.5 Å². The van der Waals surface area contributed by atoms with Crippen LogP contribution >= 0.6 is 0 Å². The summed E-state index contributed by atoms with van der Waals surface area (Å²) in [4.78, 5) is 40.4. The Balaban J connectivity index is 1.88. The highest BCUT2D eigenvalue weighted by Crippen LogP contribution is 2.34. The Hall–Kier alpha value is -3.69. The molecule has 1 unspecified atom stereocenters. The summed E-state index contributed by atoms with van der Waals surface area (Å²) in [5.41, 5.74) is 1.36. The summed E-state index contributed by atoms with van der Waals surface area (Å²) in [5.74, 6) is -0.884. The molecule has 0 saturated heterocycles. The minimum Gasteiger partial charge on any atom is -0.495 e. The van der Waals surface area contributed by atoms with Gasteiger partial charge < -0.3 is 24.9 Å². The van der Waals surface area contributed by atoms with Gasteiger partial charge in [-0.2, -0.15) is 0 Å². The molecule has 0 saturated carbocycles. The van der Waals surface area contributed by atoms with Crippen LogP contribution in [0.1, 0.15) is 12.5 Å². The van der Waals surface area contributed by atoms with E-state index >= 15 is 0 Å². The van der Waals surface area contributed by atoms with Crippen molar-refractivity contribution in [3.05, 3.63) is 46.0 Å². The average Bonchev–Trinajstić information content (AvgIpc) is 2.65. The Morgan fingerprint density at radius 1 is 1.39 bits per heavy atom. The number of hydrogen-bond donors (Lipinski definition) is 1. The van der Waals surface area contributed by atoms with Gasteiger partial charge >= 0.3 is 5.82 Å². The van der Waals surface area contributed by atoms with Gasteiger partial charge in [0.1, 0.15) is 12.3 Å². The van der Waals surface area contributed by atoms with E-state index in [-0.39, 0.29) is 18.1 Å². The second-order valence-electron chi connectivity index (χ2n) is 6.18. The summed E-state index contributed by atoms with van der Waals surface area (Å²) in [7, 11) is 1.48. The fourth-order valence-corrected chi connectivity index (χ4v) is 2.78. The van der Waals surface area contributed by atoms with E-state index in [1.54, 1.807) is 12.1 Å². The van der Waals surface area contributed by atoms with E-state index in [2.05, 4.69) is 10.3 Å². The van der Waals surface area contributed by atoms with E-state index in [9.17, 15) is 19.7 Å². The Morgan fingerprint density at radius 3 is 2.82 bits per heavy atom. The normalized spacial score (nSPS) is 15.5. The van der Waals surface area contributed by atoms with Crippen molar-refractivity contribution in [2.75, 3.05) is 23.9 Å². The number of aryl methyl sites for hydroxylation is 1. The molecule has 10 nitrogen and oxygen atoms in total. The highest BCUT2D eigenvalue weighted by atomic mass is 16.6. The molecule has 2 heterocycles. The molecule has 1 N–H and O–H groups in total. The van der Waals surface area contributed by atoms with Gasteiger partial charge in [0.15, 0.2) is 11.9 Å². The summed E-state index contributed by atoms with van der Waals surface area (Å²) in [6.07, 6.45) is -0.850. The van der Waals surface area contributed by atoms with E-state index in [4.69, 9.17) is 9.47 Å². The maximum Gasteiger partial charge on any atom is 0.366 e. The van der Waals surface area contributed by atoms with Crippen molar-refractivity contribution >= 4 is 29.1 Å². The van der Waals surface area contributed by atoms with Gasteiger partial charge in [0, 0.05) is 6.07 Å². The standard InChI is InChI=1S/C18H18N4O6/c1-10-4-5-13(27-3)12(8-10)19-16(23)9-21-17-14(28-11(2)18(21)24)6-7-15(20-17)22(25)26/h4-8,11H,9H2,1-3H3,(H,19,23). The quantitative estimate of drug-likeness (QED) is 0.616. The third kappa shape index (κ3) is 3.70. The lowest BCUT2D eigenvalue weighted by Gasteiger charge is -2.29. The number of ether oxygens (including phenoxy) is 2. The predicted octanol–water partition coefficient (Wildman–Crippen LogP) is 2.06. The van der Waals surface area contributed by atoms with Gasteiger partial charge in [0.25, 0.3) is 11.7 Å². The van der Waals surface area contributed by atoms with Crippen molar-refractivity contribution in [1.82, 2.24) is 4.98 Å². The lowest BCUT2D eigenvalue weighted by atomic mass is 10.2. The number of hydrogen-bond acceptors (Lipinski definition) is 7. The smallest absolute Gasteiger partial charge is 0.366 e. The topological polar surface area (TPSA) is 124 Å². The molecule has 3 rings (SSSR count). The zero-order chi connectivity index (χ0) is 20.4. The molecule has 0 bridgehead atoms. The largest absolute Gasteiger partial charge is 0.495 e. The zero-order valence-electron chi connectivity index (χ0n) is 15.5. The number of amides is 2. The van der Waals surface area contributed by atoms with Gasteiger partial charge in [-0.3, -0.25) is 14.5 Å². The number of methoxy groups -OCH3 is 1. The monoisotopic (exact) mass is 386 g/mol. The molecule has 10 heteroatoms. The number of carbonyl (C=O) groups excluding carboxylic acids is 2. The first-order valence-corrected chi connectivity index (χ1v) is 8.38. The van der Waals surface area contributed by atoms with E-state index in [0.717, 1.165) is 10.5 Å². The van der Waals surface area contributed by atoms with Crippen molar-refractivity contribution in [3.63, 3.8) is 0 Å². The lowest BCUT2D eigenvalue weighted by Crippen LogP contribution is -2.48. The van der Waals surface area contributed by atoms with Crippen LogP contribution in [0.3, 0.4) is 0 Å². The first-order valence-electron chi connectivity index (χ1n) is 8.38. The van der Waals surface area contributed by atoms with Crippen molar-refractivity contribution in [2.45, 2.75) is 20.0 Å². The van der Waals surface area contributed by atoms with E-state index in [0.29, 0.717) is 11.4 Å². The first kappa shape index (κ1) is 19.1. The highest BCUT2D eigenvalue weighted by molar-refractivity contribution is 6.05. The van der Waals surface area contributed by atoms with Gasteiger partial charge in [0.05, 0.1) is 12.8 Å². The molecule has 28 heavy (non-hydrogen) atoms. The number of nitrogens with zero attached hydrogens (tertiary/aromatic N) is 3. The van der Waals surface area contributed by atoms with Crippen LogP contribution in [0.25, 0.3) is 0 Å². The SMILES string of the molecule is COc1ccc(C)cc1NC(=O)CN1C(=O)C(C)Oc2ccc([N+](=O)[O-])nc21. The fourth-order valence-electron chi connectivity index (χ4n) is 2.78. The summed E-state index contributed by atoms with van der Waals surface area (Å²) < 4.78 is 10.7. The number of nitrogens with one attached hydrogen (secondary N) is 1.